The number of esters is 1. The minimum atomic E-state index is -0.604. The van der Waals surface area contributed by atoms with Crippen molar-refractivity contribution < 1.29 is 23.8 Å². The zero-order valence-corrected chi connectivity index (χ0v) is 17.3. The molecule has 152 valence electrons. The predicted octanol–water partition coefficient (Wildman–Crippen LogP) is 3.52. The minimum absolute atomic E-state index is 0.284. The van der Waals surface area contributed by atoms with E-state index >= 15 is 0 Å². The average molecular weight is 414 g/mol. The minimum Gasteiger partial charge on any atom is -0.493 e. The first-order chi connectivity index (χ1) is 14.0. The van der Waals surface area contributed by atoms with Gasteiger partial charge in [-0.3, -0.25) is 4.79 Å². The van der Waals surface area contributed by atoms with Crippen LogP contribution in [-0.4, -0.2) is 49.1 Å². The van der Waals surface area contributed by atoms with E-state index in [-0.39, 0.29) is 18.1 Å². The van der Waals surface area contributed by atoms with Gasteiger partial charge in [0.2, 0.25) is 0 Å². The topological polar surface area (TPSA) is 78.0 Å². The zero-order chi connectivity index (χ0) is 20.8. The van der Waals surface area contributed by atoms with E-state index in [9.17, 15) is 9.59 Å². The van der Waals surface area contributed by atoms with Crippen LogP contribution in [0.2, 0.25) is 0 Å². The Kier molecular flexibility index (Phi) is 6.66. The molecule has 0 saturated carbocycles. The Hall–Kier alpha value is -3.13. The van der Waals surface area contributed by atoms with E-state index in [4.69, 9.17) is 14.2 Å². The molecule has 0 fully saturated rings. The van der Waals surface area contributed by atoms with Gasteiger partial charge in [-0.25, -0.2) is 9.78 Å². The van der Waals surface area contributed by atoms with Crippen LogP contribution in [0, 0.1) is 0 Å². The van der Waals surface area contributed by atoms with Crippen LogP contribution in [0.15, 0.2) is 42.5 Å². The van der Waals surface area contributed by atoms with E-state index in [1.807, 2.05) is 31.2 Å². The molecule has 0 aliphatic carbocycles. The lowest BCUT2D eigenvalue weighted by atomic mass is 10.2. The molecule has 1 amide bonds. The van der Waals surface area contributed by atoms with E-state index in [2.05, 4.69) is 4.98 Å². The monoisotopic (exact) mass is 414 g/mol. The highest BCUT2D eigenvalue weighted by molar-refractivity contribution is 7.18. The number of ether oxygens (including phenoxy) is 3. The number of hydrogen-bond donors (Lipinski definition) is 0. The summed E-state index contributed by atoms with van der Waals surface area (Å²) in [7, 11) is 3.15. The maximum absolute atomic E-state index is 12.3. The van der Waals surface area contributed by atoms with Gasteiger partial charge in [0.25, 0.3) is 5.91 Å². The molecule has 0 aliphatic heterocycles. The lowest BCUT2D eigenvalue weighted by Crippen LogP contribution is -2.30. The molecule has 2 aromatic carbocycles. The molecule has 0 saturated heterocycles. The Labute approximate surface area is 172 Å². The molecule has 0 radical (unpaired) electrons. The summed E-state index contributed by atoms with van der Waals surface area (Å²) in [6.07, 6.45) is 0. The molecule has 0 spiro atoms. The Bertz CT molecular complexity index is 984. The van der Waals surface area contributed by atoms with E-state index in [0.717, 1.165) is 15.2 Å². The maximum atomic E-state index is 12.3. The highest BCUT2D eigenvalue weighted by Gasteiger charge is 2.17. The SMILES string of the molecule is CCOc1ccc(C(=O)OCC(=O)N(C)Cc2nc3ccccc3s2)cc1OC. The zero-order valence-electron chi connectivity index (χ0n) is 16.5. The number of rotatable bonds is 8. The van der Waals surface area contributed by atoms with Crippen LogP contribution in [0.1, 0.15) is 22.3 Å². The van der Waals surface area contributed by atoms with Gasteiger partial charge >= 0.3 is 5.97 Å². The smallest absolute Gasteiger partial charge is 0.338 e. The van der Waals surface area contributed by atoms with Crippen molar-refractivity contribution in [3.63, 3.8) is 0 Å². The second-order valence-electron chi connectivity index (χ2n) is 6.20. The fraction of sp³-hybridized carbons (Fsp3) is 0.286. The van der Waals surface area contributed by atoms with Crippen LogP contribution in [0.5, 0.6) is 11.5 Å². The quantitative estimate of drug-likeness (QED) is 0.525. The van der Waals surface area contributed by atoms with Gasteiger partial charge in [0.1, 0.15) is 5.01 Å². The van der Waals surface area contributed by atoms with Gasteiger partial charge in [0, 0.05) is 7.05 Å². The molecule has 7 nitrogen and oxygen atoms in total. The van der Waals surface area contributed by atoms with Crippen molar-refractivity contribution in [2.75, 3.05) is 27.4 Å². The van der Waals surface area contributed by atoms with E-state index in [1.165, 1.54) is 29.4 Å². The lowest BCUT2D eigenvalue weighted by Gasteiger charge is -2.16. The molecule has 0 unspecified atom stereocenters. The van der Waals surface area contributed by atoms with Gasteiger partial charge in [-0.05, 0) is 37.3 Å². The van der Waals surface area contributed by atoms with Crippen LogP contribution < -0.4 is 9.47 Å². The summed E-state index contributed by atoms with van der Waals surface area (Å²) in [5.74, 6) is 0.0577. The van der Waals surface area contributed by atoms with Gasteiger partial charge in [0.05, 0.1) is 36.0 Å². The molecule has 3 rings (SSSR count). The average Bonchev–Trinajstić information content (AvgIpc) is 3.14. The molecular weight excluding hydrogens is 392 g/mol. The van der Waals surface area contributed by atoms with Gasteiger partial charge in [-0.1, -0.05) is 12.1 Å². The molecule has 1 heterocycles. The van der Waals surface area contributed by atoms with Crippen LogP contribution in [0.25, 0.3) is 10.2 Å². The maximum Gasteiger partial charge on any atom is 0.338 e. The summed E-state index contributed by atoms with van der Waals surface area (Å²) in [5, 5.41) is 0.824. The van der Waals surface area contributed by atoms with Crippen LogP contribution in [0.4, 0.5) is 0 Å². The molecular formula is C21H22N2O5S. The summed E-state index contributed by atoms with van der Waals surface area (Å²) in [6, 6.07) is 12.5. The Balaban J connectivity index is 1.57. The Morgan fingerprint density at radius 2 is 1.93 bits per heavy atom. The number of hydrogen-bond acceptors (Lipinski definition) is 7. The lowest BCUT2D eigenvalue weighted by molar-refractivity contribution is -0.133. The molecule has 29 heavy (non-hydrogen) atoms. The standard InChI is InChI=1S/C21H22N2O5S/c1-4-27-16-10-9-14(11-17(16)26-3)21(25)28-13-20(24)23(2)12-19-22-15-7-5-6-8-18(15)29-19/h5-11H,4,12-13H2,1-3H3. The first-order valence-corrected chi connectivity index (χ1v) is 9.89. The number of likely N-dealkylation sites (N-methyl/N-ethyl adjacent to an activating group) is 1. The first kappa shape index (κ1) is 20.6. The third-order valence-corrected chi connectivity index (χ3v) is 5.18. The second kappa shape index (κ2) is 9.38. The number of fused-ring (bicyclic) bond motifs is 1. The van der Waals surface area contributed by atoms with Crippen molar-refractivity contribution in [3.05, 3.63) is 53.0 Å². The highest BCUT2D eigenvalue weighted by atomic mass is 32.1. The number of aromatic nitrogens is 1. The van der Waals surface area contributed by atoms with Crippen molar-refractivity contribution in [2.45, 2.75) is 13.5 Å². The number of amides is 1. The van der Waals surface area contributed by atoms with Crippen LogP contribution in [0.3, 0.4) is 0 Å². The van der Waals surface area contributed by atoms with Crippen LogP contribution >= 0.6 is 11.3 Å². The summed E-state index contributed by atoms with van der Waals surface area (Å²) >= 11 is 1.54. The molecule has 0 bridgehead atoms. The van der Waals surface area contributed by atoms with Gasteiger partial charge in [-0.15, -0.1) is 11.3 Å². The summed E-state index contributed by atoms with van der Waals surface area (Å²) in [6.45, 7) is 2.34. The van der Waals surface area contributed by atoms with Crippen LogP contribution in [-0.2, 0) is 16.1 Å². The van der Waals surface area contributed by atoms with Crippen molar-refractivity contribution in [1.29, 1.82) is 0 Å². The second-order valence-corrected chi connectivity index (χ2v) is 7.32. The molecule has 0 atom stereocenters. The van der Waals surface area contributed by atoms with Crippen molar-refractivity contribution >= 4 is 33.4 Å². The molecule has 0 N–H and O–H groups in total. The predicted molar refractivity (Wildman–Crippen MR) is 111 cm³/mol. The van der Waals surface area contributed by atoms with Crippen molar-refractivity contribution in [1.82, 2.24) is 9.88 Å². The van der Waals surface area contributed by atoms with Gasteiger partial charge in [0.15, 0.2) is 18.1 Å². The number of para-hydroxylation sites is 1. The third kappa shape index (κ3) is 5.03. The van der Waals surface area contributed by atoms with E-state index in [1.54, 1.807) is 19.2 Å². The summed E-state index contributed by atoms with van der Waals surface area (Å²) in [4.78, 5) is 30.6. The molecule has 1 aromatic heterocycles. The summed E-state index contributed by atoms with van der Waals surface area (Å²) < 4.78 is 16.9. The Morgan fingerprint density at radius 1 is 1.14 bits per heavy atom. The van der Waals surface area contributed by atoms with Crippen molar-refractivity contribution in [2.24, 2.45) is 0 Å². The Morgan fingerprint density at radius 3 is 2.66 bits per heavy atom. The van der Waals surface area contributed by atoms with E-state index < -0.39 is 5.97 Å². The van der Waals surface area contributed by atoms with Crippen molar-refractivity contribution in [3.8, 4) is 11.5 Å². The number of carbonyl (C=O) groups excluding carboxylic acids is 2. The van der Waals surface area contributed by atoms with E-state index in [0.29, 0.717) is 24.7 Å². The number of methoxy groups -OCH3 is 1. The normalized spacial score (nSPS) is 10.6. The highest BCUT2D eigenvalue weighted by Crippen LogP contribution is 2.28. The molecule has 0 aliphatic rings. The fourth-order valence-electron chi connectivity index (χ4n) is 2.67. The number of thiazole rings is 1. The molecule has 3 aromatic rings. The van der Waals surface area contributed by atoms with Gasteiger partial charge < -0.3 is 19.1 Å². The number of benzene rings is 2. The number of carbonyl (C=O) groups is 2. The summed E-state index contributed by atoms with van der Waals surface area (Å²) in [5.41, 5.74) is 1.19. The number of nitrogens with zero attached hydrogens (tertiary/aromatic N) is 2. The first-order valence-electron chi connectivity index (χ1n) is 9.08. The fourth-order valence-corrected chi connectivity index (χ4v) is 3.69. The largest absolute Gasteiger partial charge is 0.493 e. The van der Waals surface area contributed by atoms with Gasteiger partial charge in [-0.2, -0.15) is 0 Å². The third-order valence-electron chi connectivity index (χ3n) is 4.16. The molecule has 8 heteroatoms.